The van der Waals surface area contributed by atoms with Crippen LogP contribution in [0.2, 0.25) is 0 Å². The molecule has 4 nitrogen and oxygen atoms in total. The molecular weight excluding hydrogens is 310 g/mol. The molecule has 0 N–H and O–H groups in total. The van der Waals surface area contributed by atoms with Gasteiger partial charge in [0, 0.05) is 27.9 Å². The summed E-state index contributed by atoms with van der Waals surface area (Å²) in [7, 11) is 1.68. The van der Waals surface area contributed by atoms with Crippen molar-refractivity contribution in [3.8, 4) is 17.6 Å². The number of methoxy groups -OCH3 is 1. The van der Waals surface area contributed by atoms with E-state index in [1.165, 1.54) is 0 Å². The van der Waals surface area contributed by atoms with Crippen molar-refractivity contribution in [2.24, 2.45) is 0 Å². The van der Waals surface area contributed by atoms with Crippen molar-refractivity contribution in [2.45, 2.75) is 13.5 Å². The summed E-state index contributed by atoms with van der Waals surface area (Å²) in [6.07, 6.45) is 2.04. The number of hydrogen-bond acceptors (Lipinski definition) is 3. The van der Waals surface area contributed by atoms with Gasteiger partial charge in [-0.05, 0) is 37.1 Å². The van der Waals surface area contributed by atoms with Gasteiger partial charge < -0.3 is 9.30 Å². The van der Waals surface area contributed by atoms with Gasteiger partial charge in [0.25, 0.3) is 0 Å². The zero-order valence-electron chi connectivity index (χ0n) is 14.2. The zero-order chi connectivity index (χ0) is 17.2. The third-order valence-corrected chi connectivity index (χ3v) is 4.31. The van der Waals surface area contributed by atoms with Crippen LogP contribution in [-0.2, 0) is 6.54 Å². The number of aryl methyl sites for hydroxylation is 1. The topological polar surface area (TPSA) is 39.9 Å². The van der Waals surface area contributed by atoms with Gasteiger partial charge in [-0.3, -0.25) is 0 Å². The molecule has 0 saturated carbocycles. The van der Waals surface area contributed by atoms with Crippen LogP contribution in [0, 0.1) is 18.8 Å². The quantitative estimate of drug-likeness (QED) is 0.523. The van der Waals surface area contributed by atoms with Crippen LogP contribution in [-0.4, -0.2) is 21.9 Å². The molecule has 2 aromatic heterocycles. The van der Waals surface area contributed by atoms with Gasteiger partial charge in [0.2, 0.25) is 0 Å². The number of benzene rings is 2. The normalized spacial score (nSPS) is 10.6. The van der Waals surface area contributed by atoms with Crippen LogP contribution in [0.3, 0.4) is 0 Å². The van der Waals surface area contributed by atoms with Crippen molar-refractivity contribution in [2.75, 3.05) is 7.11 Å². The lowest BCUT2D eigenvalue weighted by atomic mass is 10.1. The highest BCUT2D eigenvalue weighted by Crippen LogP contribution is 2.22. The first-order valence-corrected chi connectivity index (χ1v) is 8.10. The molecule has 2 aromatic carbocycles. The minimum atomic E-state index is 0.597. The van der Waals surface area contributed by atoms with Crippen LogP contribution < -0.4 is 4.74 Å². The van der Waals surface area contributed by atoms with E-state index < -0.39 is 0 Å². The van der Waals surface area contributed by atoms with E-state index in [4.69, 9.17) is 4.74 Å². The lowest BCUT2D eigenvalue weighted by molar-refractivity contribution is 0.415. The minimum absolute atomic E-state index is 0.597. The maximum Gasteiger partial charge on any atom is 0.143 e. The molecule has 0 amide bonds. The molecule has 4 heteroatoms. The second kappa shape index (κ2) is 6.29. The minimum Gasteiger partial charge on any atom is -0.497 e. The van der Waals surface area contributed by atoms with Gasteiger partial charge in [-0.1, -0.05) is 30.2 Å². The van der Waals surface area contributed by atoms with Crippen LogP contribution in [0.4, 0.5) is 0 Å². The third-order valence-electron chi connectivity index (χ3n) is 4.31. The second-order valence-electron chi connectivity index (χ2n) is 5.85. The van der Waals surface area contributed by atoms with Gasteiger partial charge >= 0.3 is 0 Å². The molecule has 4 rings (SSSR count). The highest BCUT2D eigenvalue weighted by atomic mass is 16.5. The predicted octanol–water partition coefficient (Wildman–Crippen LogP) is 3.95. The molecule has 0 aliphatic carbocycles. The third kappa shape index (κ3) is 2.81. The lowest BCUT2D eigenvalue weighted by Crippen LogP contribution is -1.96. The van der Waals surface area contributed by atoms with Crippen LogP contribution in [0.15, 0.2) is 54.7 Å². The first-order chi connectivity index (χ1) is 12.3. The first-order valence-electron chi connectivity index (χ1n) is 8.10. The molecule has 2 heterocycles. The number of fused-ring (bicyclic) bond motifs is 2. The maximum absolute atomic E-state index is 5.27. The highest BCUT2D eigenvalue weighted by Gasteiger charge is 2.04. The van der Waals surface area contributed by atoms with E-state index in [0.717, 1.165) is 38.8 Å². The summed E-state index contributed by atoms with van der Waals surface area (Å²) in [5.74, 6) is 7.25. The number of aromatic nitrogens is 3. The van der Waals surface area contributed by atoms with Gasteiger partial charge in [0.1, 0.15) is 11.4 Å². The van der Waals surface area contributed by atoms with E-state index in [2.05, 4.69) is 44.8 Å². The molecule has 0 unspecified atom stereocenters. The van der Waals surface area contributed by atoms with Crippen molar-refractivity contribution in [3.63, 3.8) is 0 Å². The van der Waals surface area contributed by atoms with E-state index in [1.54, 1.807) is 7.11 Å². The number of rotatable bonds is 2. The summed E-state index contributed by atoms with van der Waals surface area (Å²) in [5, 5.41) is 11.8. The molecular formula is C21H17N3O. The van der Waals surface area contributed by atoms with Crippen molar-refractivity contribution in [1.82, 2.24) is 14.8 Å². The van der Waals surface area contributed by atoms with E-state index in [9.17, 15) is 0 Å². The van der Waals surface area contributed by atoms with Crippen LogP contribution in [0.1, 0.15) is 11.4 Å². The van der Waals surface area contributed by atoms with E-state index in [-0.39, 0.29) is 0 Å². The molecule has 25 heavy (non-hydrogen) atoms. The molecule has 0 fully saturated rings. The van der Waals surface area contributed by atoms with E-state index in [0.29, 0.717) is 6.54 Å². The molecule has 122 valence electrons. The standard InChI is InChI=1S/C21H17N3O/c1-15-18-6-3-4-7-19(18)20(23-22-15)8-5-12-24-13-11-16-14-17(25-2)9-10-21(16)24/h3-4,6-7,9-11,13-14H,12H2,1-2H3. The monoisotopic (exact) mass is 327 g/mol. The molecule has 0 saturated heterocycles. The average Bonchev–Trinajstić information content (AvgIpc) is 3.06. The van der Waals surface area contributed by atoms with Gasteiger partial charge in [0.05, 0.1) is 19.3 Å². The smallest absolute Gasteiger partial charge is 0.143 e. The van der Waals surface area contributed by atoms with Gasteiger partial charge in [-0.2, -0.15) is 5.10 Å². The predicted molar refractivity (Wildman–Crippen MR) is 99.6 cm³/mol. The fourth-order valence-corrected chi connectivity index (χ4v) is 2.98. The van der Waals surface area contributed by atoms with Crippen LogP contribution >= 0.6 is 0 Å². The first kappa shape index (κ1) is 15.2. The second-order valence-corrected chi connectivity index (χ2v) is 5.85. The summed E-state index contributed by atoms with van der Waals surface area (Å²) >= 11 is 0. The number of ether oxygens (including phenoxy) is 1. The van der Waals surface area contributed by atoms with Crippen LogP contribution in [0.25, 0.3) is 21.7 Å². The Morgan fingerprint density at radius 1 is 1.04 bits per heavy atom. The zero-order valence-corrected chi connectivity index (χ0v) is 14.2. The molecule has 0 spiro atoms. The summed E-state index contributed by atoms with van der Waals surface area (Å²) in [5.41, 5.74) is 2.78. The fraction of sp³-hybridized carbons (Fsp3) is 0.143. The fourth-order valence-electron chi connectivity index (χ4n) is 2.98. The Bertz CT molecular complexity index is 1130. The van der Waals surface area contributed by atoms with E-state index in [1.807, 2.05) is 43.5 Å². The van der Waals surface area contributed by atoms with E-state index >= 15 is 0 Å². The summed E-state index contributed by atoms with van der Waals surface area (Å²) in [6.45, 7) is 2.56. The van der Waals surface area contributed by atoms with Gasteiger partial charge in [-0.15, -0.1) is 5.10 Å². The largest absolute Gasteiger partial charge is 0.497 e. The van der Waals surface area contributed by atoms with Crippen molar-refractivity contribution >= 4 is 21.7 Å². The van der Waals surface area contributed by atoms with Gasteiger partial charge in [-0.25, -0.2) is 0 Å². The molecule has 0 aliphatic rings. The highest BCUT2D eigenvalue weighted by molar-refractivity contribution is 5.88. The number of nitrogens with zero attached hydrogens (tertiary/aromatic N) is 3. The summed E-state index contributed by atoms with van der Waals surface area (Å²) in [6, 6.07) is 16.2. The summed E-state index contributed by atoms with van der Waals surface area (Å²) in [4.78, 5) is 0. The molecule has 0 aliphatic heterocycles. The molecule has 0 radical (unpaired) electrons. The Kier molecular flexibility index (Phi) is 3.83. The Morgan fingerprint density at radius 3 is 2.72 bits per heavy atom. The Hall–Kier alpha value is -3.32. The Labute approximate surface area is 146 Å². The van der Waals surface area contributed by atoms with Crippen molar-refractivity contribution in [1.29, 1.82) is 0 Å². The van der Waals surface area contributed by atoms with Crippen molar-refractivity contribution in [3.05, 3.63) is 66.1 Å². The van der Waals surface area contributed by atoms with Crippen molar-refractivity contribution < 1.29 is 4.74 Å². The van der Waals surface area contributed by atoms with Crippen LogP contribution in [0.5, 0.6) is 5.75 Å². The maximum atomic E-state index is 5.27. The average molecular weight is 327 g/mol. The molecule has 0 bridgehead atoms. The lowest BCUT2D eigenvalue weighted by Gasteiger charge is -2.03. The SMILES string of the molecule is COc1ccc2c(ccn2CC#Cc2nnc(C)c3ccccc23)c1. The number of hydrogen-bond donors (Lipinski definition) is 0. The summed E-state index contributed by atoms with van der Waals surface area (Å²) < 4.78 is 7.39. The van der Waals surface area contributed by atoms with Gasteiger partial charge in [0.15, 0.2) is 0 Å². The Balaban J connectivity index is 1.66. The molecule has 4 aromatic rings. The molecule has 0 atom stereocenters. The Morgan fingerprint density at radius 2 is 1.88 bits per heavy atom.